The Hall–Kier alpha value is -4.25. The summed E-state index contributed by atoms with van der Waals surface area (Å²) in [6.07, 6.45) is 3.51. The maximum Gasteiger partial charge on any atom is 0.262 e. The van der Waals surface area contributed by atoms with Gasteiger partial charge in [-0.15, -0.1) is 0 Å². The fraction of sp³-hybridized carbons (Fsp3) is 0.227. The second-order valence-electron chi connectivity index (χ2n) is 7.95. The topological polar surface area (TPSA) is 148 Å². The van der Waals surface area contributed by atoms with Crippen LogP contribution in [0, 0.1) is 0 Å². The summed E-state index contributed by atoms with van der Waals surface area (Å²) in [6, 6.07) is 11.0. The van der Waals surface area contributed by atoms with Gasteiger partial charge >= 0.3 is 0 Å². The van der Waals surface area contributed by atoms with E-state index in [1.54, 1.807) is 43.3 Å². The molecular formula is C22H22N8O3. The van der Waals surface area contributed by atoms with Crippen molar-refractivity contribution in [3.8, 4) is 22.5 Å². The van der Waals surface area contributed by atoms with Crippen LogP contribution >= 0.6 is 0 Å². The van der Waals surface area contributed by atoms with E-state index in [1.807, 2.05) is 24.3 Å². The molecule has 11 nitrogen and oxygen atoms in total. The molecule has 0 unspecified atom stereocenters. The summed E-state index contributed by atoms with van der Waals surface area (Å²) < 4.78 is 6.92. The lowest BCUT2D eigenvalue weighted by Crippen LogP contribution is -2.35. The van der Waals surface area contributed by atoms with Gasteiger partial charge in [0.2, 0.25) is 11.5 Å². The number of nitrogens with one attached hydrogen (secondary N) is 1. The Morgan fingerprint density at radius 1 is 1.18 bits per heavy atom. The second kappa shape index (κ2) is 7.71. The van der Waals surface area contributed by atoms with Crippen molar-refractivity contribution in [2.24, 2.45) is 7.05 Å². The molecule has 1 aliphatic rings. The van der Waals surface area contributed by atoms with Crippen LogP contribution in [0.15, 0.2) is 53.3 Å². The van der Waals surface area contributed by atoms with Gasteiger partial charge in [0.05, 0.1) is 11.9 Å². The monoisotopic (exact) mass is 446 g/mol. The van der Waals surface area contributed by atoms with Gasteiger partial charge in [0.15, 0.2) is 5.76 Å². The largest absolute Gasteiger partial charge is 0.382 e. The fourth-order valence-electron chi connectivity index (χ4n) is 3.77. The molecule has 1 atom stereocenters. The number of aliphatic hydroxyl groups is 1. The van der Waals surface area contributed by atoms with Crippen molar-refractivity contribution < 1.29 is 14.4 Å². The van der Waals surface area contributed by atoms with Crippen LogP contribution in [0.2, 0.25) is 0 Å². The van der Waals surface area contributed by atoms with Crippen molar-refractivity contribution in [3.63, 3.8) is 0 Å². The molecule has 0 radical (unpaired) electrons. The molecule has 0 saturated carbocycles. The zero-order chi connectivity index (χ0) is 23.2. The summed E-state index contributed by atoms with van der Waals surface area (Å²) >= 11 is 0. The van der Waals surface area contributed by atoms with Crippen LogP contribution in [0.4, 0.5) is 17.5 Å². The van der Waals surface area contributed by atoms with E-state index in [0.29, 0.717) is 35.4 Å². The van der Waals surface area contributed by atoms with Crippen LogP contribution in [0.25, 0.3) is 22.5 Å². The molecule has 5 rings (SSSR count). The van der Waals surface area contributed by atoms with Crippen LogP contribution in [-0.2, 0) is 17.4 Å². The van der Waals surface area contributed by atoms with Crippen LogP contribution in [0.5, 0.6) is 0 Å². The van der Waals surface area contributed by atoms with Gasteiger partial charge in [0.25, 0.3) is 5.91 Å². The van der Waals surface area contributed by atoms with Gasteiger partial charge in [-0.1, -0.05) is 23.4 Å². The summed E-state index contributed by atoms with van der Waals surface area (Å²) in [5.74, 6) is 0.600. The molecule has 1 amide bonds. The molecule has 0 bridgehead atoms. The first kappa shape index (κ1) is 20.6. The average molecular weight is 446 g/mol. The second-order valence-corrected chi connectivity index (χ2v) is 7.95. The maximum absolute atomic E-state index is 12.4. The predicted molar refractivity (Wildman–Crippen MR) is 120 cm³/mol. The predicted octanol–water partition coefficient (Wildman–Crippen LogP) is 1.91. The van der Waals surface area contributed by atoms with Crippen molar-refractivity contribution in [1.29, 1.82) is 0 Å². The molecule has 1 aromatic carbocycles. The van der Waals surface area contributed by atoms with Gasteiger partial charge < -0.3 is 25.6 Å². The van der Waals surface area contributed by atoms with Gasteiger partial charge in [-0.2, -0.15) is 5.10 Å². The third-order valence-corrected chi connectivity index (χ3v) is 5.77. The SMILES string of the molecule is CN1CC[C@@](O)(c2cc(-c3cccc(-c4ccnc(Nc5cnn(C)c5N)n4)c3)no2)C1=O. The smallest absolute Gasteiger partial charge is 0.262 e. The lowest BCUT2D eigenvalue weighted by molar-refractivity contribution is -0.144. The first-order valence-corrected chi connectivity index (χ1v) is 10.3. The van der Waals surface area contributed by atoms with Gasteiger partial charge in [0, 0.05) is 50.5 Å². The normalized spacial score (nSPS) is 18.2. The summed E-state index contributed by atoms with van der Waals surface area (Å²) in [5.41, 5.74) is 7.70. The minimum atomic E-state index is -1.68. The molecule has 1 saturated heterocycles. The standard InChI is InChI=1S/C22H22N8O3/c1-29-9-7-22(32,20(29)31)18-11-16(28-33-18)14-5-3-4-13(10-14)15-6-8-24-21(26-15)27-17-12-25-30(2)19(17)23/h3-6,8,10-12,32H,7,9,23H2,1-2H3,(H,24,26,27)/t22-/m1/s1. The molecule has 0 aliphatic carbocycles. The highest BCUT2D eigenvalue weighted by molar-refractivity contribution is 5.87. The van der Waals surface area contributed by atoms with Gasteiger partial charge in [-0.05, 0) is 12.1 Å². The number of likely N-dealkylation sites (tertiary alicyclic amines) is 1. The minimum absolute atomic E-state index is 0.139. The van der Waals surface area contributed by atoms with Gasteiger partial charge in [-0.25, -0.2) is 9.97 Å². The molecule has 1 fully saturated rings. The maximum atomic E-state index is 12.4. The number of aryl methyl sites for hydroxylation is 1. The highest BCUT2D eigenvalue weighted by atomic mass is 16.5. The molecular weight excluding hydrogens is 424 g/mol. The van der Waals surface area contributed by atoms with Gasteiger partial charge in [-0.3, -0.25) is 9.48 Å². The van der Waals surface area contributed by atoms with E-state index in [4.69, 9.17) is 10.3 Å². The number of carbonyl (C=O) groups excluding carboxylic acids is 1. The van der Waals surface area contributed by atoms with Crippen molar-refractivity contribution in [3.05, 3.63) is 54.6 Å². The number of nitrogens with zero attached hydrogens (tertiary/aromatic N) is 6. The molecule has 4 heterocycles. The molecule has 4 N–H and O–H groups in total. The number of amides is 1. The highest BCUT2D eigenvalue weighted by Crippen LogP contribution is 2.35. The zero-order valence-electron chi connectivity index (χ0n) is 18.1. The highest BCUT2D eigenvalue weighted by Gasteiger charge is 2.48. The Bertz CT molecular complexity index is 1350. The summed E-state index contributed by atoms with van der Waals surface area (Å²) in [4.78, 5) is 22.7. The van der Waals surface area contributed by atoms with Crippen LogP contribution < -0.4 is 11.1 Å². The summed E-state index contributed by atoms with van der Waals surface area (Å²) in [7, 11) is 3.40. The van der Waals surface area contributed by atoms with Crippen LogP contribution in [0.1, 0.15) is 12.2 Å². The molecule has 0 spiro atoms. The van der Waals surface area contributed by atoms with E-state index in [2.05, 4.69) is 25.5 Å². The van der Waals surface area contributed by atoms with E-state index in [9.17, 15) is 9.90 Å². The Labute approximate surface area is 188 Å². The number of rotatable bonds is 5. The first-order valence-electron chi connectivity index (χ1n) is 10.3. The van der Waals surface area contributed by atoms with E-state index in [1.165, 1.54) is 4.90 Å². The molecule has 33 heavy (non-hydrogen) atoms. The number of hydrogen-bond donors (Lipinski definition) is 3. The lowest BCUT2D eigenvalue weighted by atomic mass is 9.98. The summed E-state index contributed by atoms with van der Waals surface area (Å²) in [6.45, 7) is 0.454. The molecule has 168 valence electrons. The Morgan fingerprint density at radius 3 is 2.67 bits per heavy atom. The number of benzene rings is 1. The fourth-order valence-corrected chi connectivity index (χ4v) is 3.77. The molecule has 1 aliphatic heterocycles. The zero-order valence-corrected chi connectivity index (χ0v) is 18.1. The number of nitrogen functional groups attached to an aromatic ring is 1. The Balaban J connectivity index is 1.42. The lowest BCUT2D eigenvalue weighted by Gasteiger charge is -2.16. The third-order valence-electron chi connectivity index (χ3n) is 5.77. The van der Waals surface area contributed by atoms with Crippen molar-refractivity contribution in [1.82, 2.24) is 29.8 Å². The summed E-state index contributed by atoms with van der Waals surface area (Å²) in [5, 5.41) is 22.1. The first-order chi connectivity index (χ1) is 15.8. The van der Waals surface area contributed by atoms with Crippen molar-refractivity contribution in [2.75, 3.05) is 24.6 Å². The minimum Gasteiger partial charge on any atom is -0.382 e. The van der Waals surface area contributed by atoms with Crippen LogP contribution in [-0.4, -0.2) is 54.4 Å². The Kier molecular flexibility index (Phi) is 4.82. The van der Waals surface area contributed by atoms with Crippen LogP contribution in [0.3, 0.4) is 0 Å². The van der Waals surface area contributed by atoms with E-state index >= 15 is 0 Å². The van der Waals surface area contributed by atoms with Gasteiger partial charge in [0.1, 0.15) is 17.2 Å². The molecule has 4 aromatic rings. The third kappa shape index (κ3) is 3.57. The number of carbonyl (C=O) groups is 1. The Morgan fingerprint density at radius 2 is 1.97 bits per heavy atom. The van der Waals surface area contributed by atoms with Crippen molar-refractivity contribution >= 4 is 23.4 Å². The van der Waals surface area contributed by atoms with E-state index < -0.39 is 11.5 Å². The number of anilines is 3. The molecule has 3 aromatic heterocycles. The van der Waals surface area contributed by atoms with E-state index in [-0.39, 0.29) is 12.2 Å². The number of hydrogen-bond acceptors (Lipinski definition) is 9. The number of likely N-dealkylation sites (N-methyl/N-ethyl adjacent to an activating group) is 1. The average Bonchev–Trinajstić information content (AvgIpc) is 3.52. The number of nitrogens with two attached hydrogens (primary N) is 1. The quantitative estimate of drug-likeness (QED) is 0.418. The molecule has 11 heteroatoms. The van der Waals surface area contributed by atoms with Crippen molar-refractivity contribution in [2.45, 2.75) is 12.0 Å². The number of aromatic nitrogens is 5. The van der Waals surface area contributed by atoms with E-state index in [0.717, 1.165) is 11.1 Å².